The van der Waals surface area contributed by atoms with Crippen LogP contribution in [0.3, 0.4) is 0 Å². The van der Waals surface area contributed by atoms with Crippen molar-refractivity contribution in [1.29, 1.82) is 0 Å². The second-order valence-electron chi connectivity index (χ2n) is 4.81. The fourth-order valence-corrected chi connectivity index (χ4v) is 2.11. The van der Waals surface area contributed by atoms with Crippen molar-refractivity contribution in [2.24, 2.45) is 5.73 Å². The Balaban J connectivity index is 2.36. The summed E-state index contributed by atoms with van der Waals surface area (Å²) in [6.07, 6.45) is -3.86. The van der Waals surface area contributed by atoms with Crippen LogP contribution in [0.5, 0.6) is 0 Å². The Morgan fingerprint density at radius 2 is 1.57 bits per heavy atom. The molecular formula is C16H15F4N. The van der Waals surface area contributed by atoms with Crippen LogP contribution in [0.2, 0.25) is 0 Å². The molecule has 112 valence electrons. The molecule has 0 aliphatic rings. The molecule has 0 radical (unpaired) electrons. The smallest absolute Gasteiger partial charge is 0.320 e. The Morgan fingerprint density at radius 1 is 1.00 bits per heavy atom. The Kier molecular flexibility index (Phi) is 4.32. The van der Waals surface area contributed by atoms with Crippen molar-refractivity contribution in [2.45, 2.75) is 25.6 Å². The quantitative estimate of drug-likeness (QED) is 0.832. The number of halogens is 4. The molecule has 1 nitrogen and oxygen atoms in total. The molecule has 0 aromatic heterocycles. The second-order valence-corrected chi connectivity index (χ2v) is 4.81. The van der Waals surface area contributed by atoms with Crippen LogP contribution in [0.25, 0.3) is 0 Å². The van der Waals surface area contributed by atoms with E-state index in [2.05, 4.69) is 0 Å². The van der Waals surface area contributed by atoms with Crippen molar-refractivity contribution in [3.63, 3.8) is 0 Å². The maximum Gasteiger partial charge on any atom is 0.419 e. The van der Waals surface area contributed by atoms with Gasteiger partial charge in [-0.05, 0) is 35.2 Å². The average Bonchev–Trinajstić information content (AvgIpc) is 2.46. The van der Waals surface area contributed by atoms with E-state index in [0.717, 1.165) is 24.1 Å². The topological polar surface area (TPSA) is 26.0 Å². The summed E-state index contributed by atoms with van der Waals surface area (Å²) in [4.78, 5) is 0. The Bertz CT molecular complexity index is 617. The minimum Gasteiger partial charge on any atom is -0.320 e. The van der Waals surface area contributed by atoms with Crippen LogP contribution in [0.1, 0.15) is 35.2 Å². The first kappa shape index (κ1) is 15.5. The van der Waals surface area contributed by atoms with Crippen LogP contribution in [0.15, 0.2) is 42.5 Å². The molecule has 5 heteroatoms. The third-order valence-electron chi connectivity index (χ3n) is 3.40. The Labute approximate surface area is 120 Å². The number of rotatable bonds is 3. The fraction of sp³-hybridized carbons (Fsp3) is 0.250. The molecule has 1 atom stereocenters. The van der Waals surface area contributed by atoms with E-state index in [9.17, 15) is 17.6 Å². The number of nitrogens with two attached hydrogens (primary N) is 1. The van der Waals surface area contributed by atoms with Gasteiger partial charge in [-0.1, -0.05) is 37.3 Å². The molecule has 0 spiro atoms. The SMILES string of the molecule is CCc1ccc(C(N)c2ccc(F)c(C(F)(F)F)c2)cc1. The molecular weight excluding hydrogens is 282 g/mol. The van der Waals surface area contributed by atoms with E-state index >= 15 is 0 Å². The molecule has 0 bridgehead atoms. The third kappa shape index (κ3) is 3.42. The molecule has 2 aromatic carbocycles. The zero-order valence-corrected chi connectivity index (χ0v) is 11.4. The van der Waals surface area contributed by atoms with Gasteiger partial charge in [-0.2, -0.15) is 13.2 Å². The first-order valence-corrected chi connectivity index (χ1v) is 6.54. The number of hydrogen-bond acceptors (Lipinski definition) is 1. The van der Waals surface area contributed by atoms with Gasteiger partial charge in [-0.15, -0.1) is 0 Å². The third-order valence-corrected chi connectivity index (χ3v) is 3.40. The molecule has 2 rings (SSSR count). The van der Waals surface area contributed by atoms with Crippen molar-refractivity contribution in [1.82, 2.24) is 0 Å². The van der Waals surface area contributed by atoms with Crippen LogP contribution in [0.4, 0.5) is 17.6 Å². The van der Waals surface area contributed by atoms with Gasteiger partial charge in [0.25, 0.3) is 0 Å². The van der Waals surface area contributed by atoms with Crippen molar-refractivity contribution in [3.05, 3.63) is 70.5 Å². The minimum absolute atomic E-state index is 0.230. The summed E-state index contributed by atoms with van der Waals surface area (Å²) < 4.78 is 51.4. The molecule has 0 fully saturated rings. The molecule has 0 amide bonds. The van der Waals surface area contributed by atoms with Crippen LogP contribution in [0, 0.1) is 5.82 Å². The summed E-state index contributed by atoms with van der Waals surface area (Å²) in [7, 11) is 0. The lowest BCUT2D eigenvalue weighted by Gasteiger charge is -2.16. The summed E-state index contributed by atoms with van der Waals surface area (Å²) in [5.41, 5.74) is 6.72. The summed E-state index contributed by atoms with van der Waals surface area (Å²) >= 11 is 0. The molecule has 0 aliphatic carbocycles. The van der Waals surface area contributed by atoms with Crippen molar-refractivity contribution >= 4 is 0 Å². The average molecular weight is 297 g/mol. The molecule has 0 saturated carbocycles. The number of alkyl halides is 3. The normalized spacial score (nSPS) is 13.2. The van der Waals surface area contributed by atoms with Gasteiger partial charge in [0.15, 0.2) is 0 Å². The maximum absolute atomic E-state index is 13.3. The zero-order chi connectivity index (χ0) is 15.6. The van der Waals surface area contributed by atoms with Gasteiger partial charge >= 0.3 is 6.18 Å². The monoisotopic (exact) mass is 297 g/mol. The van der Waals surface area contributed by atoms with Gasteiger partial charge in [0.1, 0.15) is 5.82 Å². The standard InChI is InChI=1S/C16H15F4N/c1-2-10-3-5-11(6-4-10)15(21)12-7-8-14(17)13(9-12)16(18,19)20/h3-9,15H,2,21H2,1H3. The van der Waals surface area contributed by atoms with Crippen molar-refractivity contribution in [2.75, 3.05) is 0 Å². The zero-order valence-electron chi connectivity index (χ0n) is 11.4. The molecule has 0 heterocycles. The highest BCUT2D eigenvalue weighted by molar-refractivity contribution is 5.36. The van der Waals surface area contributed by atoms with Gasteiger partial charge in [0.05, 0.1) is 11.6 Å². The Hall–Kier alpha value is -1.88. The number of aryl methyl sites for hydroxylation is 1. The number of benzene rings is 2. The summed E-state index contributed by atoms with van der Waals surface area (Å²) in [6, 6.07) is 9.44. The summed E-state index contributed by atoms with van der Waals surface area (Å²) in [5, 5.41) is 0. The van der Waals surface area contributed by atoms with E-state index in [-0.39, 0.29) is 5.56 Å². The highest BCUT2D eigenvalue weighted by atomic mass is 19.4. The first-order valence-electron chi connectivity index (χ1n) is 6.54. The highest BCUT2D eigenvalue weighted by Gasteiger charge is 2.34. The lowest BCUT2D eigenvalue weighted by atomic mass is 9.96. The van der Waals surface area contributed by atoms with Gasteiger partial charge in [-0.25, -0.2) is 4.39 Å². The molecule has 0 saturated heterocycles. The van der Waals surface area contributed by atoms with E-state index in [1.165, 1.54) is 6.07 Å². The molecule has 21 heavy (non-hydrogen) atoms. The molecule has 2 N–H and O–H groups in total. The largest absolute Gasteiger partial charge is 0.419 e. The maximum atomic E-state index is 13.3. The van der Waals surface area contributed by atoms with Gasteiger partial charge < -0.3 is 5.73 Å². The predicted octanol–water partition coefficient (Wildman–Crippen LogP) is 4.46. The van der Waals surface area contributed by atoms with E-state index in [1.807, 2.05) is 19.1 Å². The van der Waals surface area contributed by atoms with Crippen LogP contribution in [-0.4, -0.2) is 0 Å². The molecule has 2 aromatic rings. The van der Waals surface area contributed by atoms with Crippen LogP contribution in [-0.2, 0) is 12.6 Å². The van der Waals surface area contributed by atoms with Crippen molar-refractivity contribution < 1.29 is 17.6 Å². The van der Waals surface area contributed by atoms with Crippen LogP contribution < -0.4 is 5.73 Å². The Morgan fingerprint density at radius 3 is 2.10 bits per heavy atom. The lowest BCUT2D eigenvalue weighted by molar-refractivity contribution is -0.140. The fourth-order valence-electron chi connectivity index (χ4n) is 2.11. The van der Waals surface area contributed by atoms with Crippen molar-refractivity contribution in [3.8, 4) is 0 Å². The summed E-state index contributed by atoms with van der Waals surface area (Å²) in [5.74, 6) is -1.29. The number of hydrogen-bond donors (Lipinski definition) is 1. The highest BCUT2D eigenvalue weighted by Crippen LogP contribution is 2.33. The summed E-state index contributed by atoms with van der Waals surface area (Å²) in [6.45, 7) is 2.00. The van der Waals surface area contributed by atoms with E-state index < -0.39 is 23.6 Å². The van der Waals surface area contributed by atoms with Gasteiger partial charge in [0.2, 0.25) is 0 Å². The van der Waals surface area contributed by atoms with Crippen LogP contribution >= 0.6 is 0 Å². The van der Waals surface area contributed by atoms with Gasteiger partial charge in [0, 0.05) is 0 Å². The van der Waals surface area contributed by atoms with Gasteiger partial charge in [-0.3, -0.25) is 0 Å². The molecule has 0 aliphatic heterocycles. The van der Waals surface area contributed by atoms with E-state index in [0.29, 0.717) is 5.56 Å². The minimum atomic E-state index is -4.73. The first-order chi connectivity index (χ1) is 9.82. The molecule has 1 unspecified atom stereocenters. The lowest BCUT2D eigenvalue weighted by Crippen LogP contribution is -2.15. The second kappa shape index (κ2) is 5.85. The van der Waals surface area contributed by atoms with E-state index in [1.54, 1.807) is 12.1 Å². The van der Waals surface area contributed by atoms with E-state index in [4.69, 9.17) is 5.73 Å². The predicted molar refractivity (Wildman–Crippen MR) is 73.3 cm³/mol.